The van der Waals surface area contributed by atoms with Crippen molar-refractivity contribution < 1.29 is 14.0 Å². The summed E-state index contributed by atoms with van der Waals surface area (Å²) in [7, 11) is 0. The minimum absolute atomic E-state index is 0.0490. The Labute approximate surface area is 160 Å². The van der Waals surface area contributed by atoms with Gasteiger partial charge in [0.05, 0.1) is 5.56 Å². The fourth-order valence-electron chi connectivity index (χ4n) is 2.62. The standard InChI is InChI=1S/C21H17FN2O2S/c22-18-12-5-4-11-17(18)19(25)14-7-6-8-15(13-14)21(24,20(23)26)27-16-9-2-1-3-10-16/h1-13H,24H2,(H2,23,26). The zero-order valence-electron chi connectivity index (χ0n) is 14.3. The van der Waals surface area contributed by atoms with Crippen LogP contribution in [0.1, 0.15) is 21.5 Å². The molecule has 0 aliphatic carbocycles. The van der Waals surface area contributed by atoms with E-state index in [-0.39, 0.29) is 11.1 Å². The van der Waals surface area contributed by atoms with Crippen molar-refractivity contribution in [3.63, 3.8) is 0 Å². The second kappa shape index (κ2) is 7.73. The van der Waals surface area contributed by atoms with E-state index in [0.29, 0.717) is 5.56 Å². The average molecular weight is 380 g/mol. The molecule has 27 heavy (non-hydrogen) atoms. The van der Waals surface area contributed by atoms with Gasteiger partial charge in [-0.1, -0.05) is 60.3 Å². The van der Waals surface area contributed by atoms with Crippen molar-refractivity contribution >= 4 is 23.5 Å². The highest BCUT2D eigenvalue weighted by atomic mass is 32.2. The summed E-state index contributed by atoms with van der Waals surface area (Å²) in [6.45, 7) is 0. The fraction of sp³-hybridized carbons (Fsp3) is 0.0476. The third-order valence-corrected chi connectivity index (χ3v) is 5.33. The van der Waals surface area contributed by atoms with Crippen molar-refractivity contribution in [2.75, 3.05) is 0 Å². The van der Waals surface area contributed by atoms with Crippen molar-refractivity contribution in [2.45, 2.75) is 9.77 Å². The Morgan fingerprint density at radius 1 is 0.889 bits per heavy atom. The van der Waals surface area contributed by atoms with Gasteiger partial charge in [-0.05, 0) is 35.9 Å². The first-order valence-electron chi connectivity index (χ1n) is 8.14. The summed E-state index contributed by atoms with van der Waals surface area (Å²) < 4.78 is 14.0. The highest BCUT2D eigenvalue weighted by Crippen LogP contribution is 2.37. The number of amides is 1. The molecular formula is C21H17FN2O2S. The Hall–Kier alpha value is -2.96. The smallest absolute Gasteiger partial charge is 0.253 e. The number of carbonyl (C=O) groups is 2. The fourth-order valence-corrected chi connectivity index (χ4v) is 3.63. The first-order chi connectivity index (χ1) is 12.9. The third kappa shape index (κ3) is 3.92. The number of carbonyl (C=O) groups excluding carboxylic acids is 2. The molecule has 3 aromatic carbocycles. The Morgan fingerprint density at radius 3 is 2.22 bits per heavy atom. The number of halogens is 1. The predicted octanol–water partition coefficient (Wildman–Crippen LogP) is 3.45. The van der Waals surface area contributed by atoms with Crippen LogP contribution in [-0.2, 0) is 9.67 Å². The van der Waals surface area contributed by atoms with Crippen LogP contribution in [0.5, 0.6) is 0 Å². The van der Waals surface area contributed by atoms with E-state index in [1.165, 1.54) is 24.3 Å². The zero-order valence-corrected chi connectivity index (χ0v) is 15.1. The lowest BCUT2D eigenvalue weighted by Crippen LogP contribution is -2.46. The molecule has 4 N–H and O–H groups in total. The molecule has 0 radical (unpaired) electrons. The third-order valence-electron chi connectivity index (χ3n) is 4.06. The summed E-state index contributed by atoms with van der Waals surface area (Å²) in [5.41, 5.74) is 12.5. The van der Waals surface area contributed by atoms with E-state index in [9.17, 15) is 14.0 Å². The van der Waals surface area contributed by atoms with E-state index in [1.54, 1.807) is 24.3 Å². The van der Waals surface area contributed by atoms with E-state index in [1.807, 2.05) is 30.3 Å². The largest absolute Gasteiger partial charge is 0.367 e. The van der Waals surface area contributed by atoms with Crippen LogP contribution < -0.4 is 11.5 Å². The number of ketones is 1. The number of hydrogen-bond acceptors (Lipinski definition) is 4. The highest BCUT2D eigenvalue weighted by molar-refractivity contribution is 8.01. The Balaban J connectivity index is 2.00. The number of nitrogens with two attached hydrogens (primary N) is 2. The van der Waals surface area contributed by atoms with E-state index in [4.69, 9.17) is 11.5 Å². The average Bonchev–Trinajstić information content (AvgIpc) is 2.68. The summed E-state index contributed by atoms with van der Waals surface area (Å²) >= 11 is 1.09. The van der Waals surface area contributed by atoms with Gasteiger partial charge in [0.25, 0.3) is 5.91 Å². The van der Waals surface area contributed by atoms with Gasteiger partial charge in [0, 0.05) is 10.5 Å². The van der Waals surface area contributed by atoms with Crippen LogP contribution >= 0.6 is 11.8 Å². The molecule has 1 atom stereocenters. The summed E-state index contributed by atoms with van der Waals surface area (Å²) in [4.78, 5) is 24.0. The minimum Gasteiger partial charge on any atom is -0.367 e. The van der Waals surface area contributed by atoms with Crippen LogP contribution in [0, 0.1) is 5.82 Å². The molecule has 0 bridgehead atoms. The van der Waals surface area contributed by atoms with Gasteiger partial charge in [-0.15, -0.1) is 0 Å². The number of thioether (sulfide) groups is 1. The molecule has 0 aliphatic heterocycles. The Morgan fingerprint density at radius 2 is 1.56 bits per heavy atom. The number of hydrogen-bond donors (Lipinski definition) is 2. The molecule has 0 spiro atoms. The van der Waals surface area contributed by atoms with E-state index in [2.05, 4.69) is 0 Å². The van der Waals surface area contributed by atoms with Gasteiger partial charge in [0.1, 0.15) is 5.82 Å². The molecule has 0 aromatic heterocycles. The van der Waals surface area contributed by atoms with Gasteiger partial charge in [-0.2, -0.15) is 0 Å². The monoisotopic (exact) mass is 380 g/mol. The maximum absolute atomic E-state index is 14.0. The van der Waals surface area contributed by atoms with Crippen LogP contribution in [0.25, 0.3) is 0 Å². The van der Waals surface area contributed by atoms with Gasteiger partial charge in [0.2, 0.25) is 0 Å². The second-order valence-electron chi connectivity index (χ2n) is 5.90. The molecule has 6 heteroatoms. The molecule has 0 saturated heterocycles. The van der Waals surface area contributed by atoms with Crippen molar-refractivity contribution in [1.29, 1.82) is 0 Å². The van der Waals surface area contributed by atoms with E-state index < -0.39 is 22.4 Å². The van der Waals surface area contributed by atoms with Crippen molar-refractivity contribution in [3.8, 4) is 0 Å². The summed E-state index contributed by atoms with van der Waals surface area (Å²) in [6, 6.07) is 21.1. The lowest BCUT2D eigenvalue weighted by atomic mass is 9.98. The minimum atomic E-state index is -1.58. The van der Waals surface area contributed by atoms with E-state index in [0.717, 1.165) is 16.7 Å². The van der Waals surface area contributed by atoms with E-state index >= 15 is 0 Å². The summed E-state index contributed by atoms with van der Waals surface area (Å²) in [6.07, 6.45) is 0. The molecule has 0 saturated carbocycles. The predicted molar refractivity (Wildman–Crippen MR) is 104 cm³/mol. The van der Waals surface area contributed by atoms with Crippen LogP contribution in [0.15, 0.2) is 83.8 Å². The quantitative estimate of drug-likeness (QED) is 0.390. The lowest BCUT2D eigenvalue weighted by molar-refractivity contribution is -0.120. The van der Waals surface area contributed by atoms with Crippen LogP contribution in [0.3, 0.4) is 0 Å². The Kier molecular flexibility index (Phi) is 5.39. The van der Waals surface area contributed by atoms with Gasteiger partial charge in [-0.25, -0.2) is 4.39 Å². The van der Waals surface area contributed by atoms with Crippen LogP contribution in [0.4, 0.5) is 4.39 Å². The molecule has 0 aliphatic rings. The SMILES string of the molecule is NC(=O)C(N)(Sc1ccccc1)c1cccc(C(=O)c2ccccc2F)c1. The topological polar surface area (TPSA) is 86.2 Å². The van der Waals surface area contributed by atoms with Gasteiger partial charge in [0.15, 0.2) is 10.7 Å². The molecule has 4 nitrogen and oxygen atoms in total. The molecule has 1 unspecified atom stereocenters. The normalized spacial score (nSPS) is 13.0. The summed E-state index contributed by atoms with van der Waals surface area (Å²) in [5, 5.41) is 0. The molecule has 3 aromatic rings. The first-order valence-corrected chi connectivity index (χ1v) is 8.96. The van der Waals surface area contributed by atoms with Gasteiger partial charge < -0.3 is 11.5 Å². The molecule has 0 fully saturated rings. The maximum Gasteiger partial charge on any atom is 0.253 e. The second-order valence-corrected chi connectivity index (χ2v) is 7.22. The number of rotatable bonds is 6. The molecule has 3 rings (SSSR count). The molecule has 1 amide bonds. The molecular weight excluding hydrogens is 363 g/mol. The zero-order chi connectivity index (χ0) is 19.4. The van der Waals surface area contributed by atoms with Crippen molar-refractivity contribution in [2.24, 2.45) is 11.5 Å². The lowest BCUT2D eigenvalue weighted by Gasteiger charge is -2.26. The molecule has 0 heterocycles. The number of primary amides is 1. The molecule has 136 valence electrons. The first kappa shape index (κ1) is 18.8. The Bertz CT molecular complexity index is 994. The number of benzene rings is 3. The maximum atomic E-state index is 14.0. The van der Waals surface area contributed by atoms with Crippen LogP contribution in [-0.4, -0.2) is 11.7 Å². The van der Waals surface area contributed by atoms with Crippen molar-refractivity contribution in [1.82, 2.24) is 0 Å². The van der Waals surface area contributed by atoms with Crippen LogP contribution in [0.2, 0.25) is 0 Å². The van der Waals surface area contributed by atoms with Gasteiger partial charge in [-0.3, -0.25) is 9.59 Å². The highest BCUT2D eigenvalue weighted by Gasteiger charge is 2.36. The van der Waals surface area contributed by atoms with Crippen molar-refractivity contribution in [3.05, 3.63) is 101 Å². The van der Waals surface area contributed by atoms with Gasteiger partial charge >= 0.3 is 0 Å². The summed E-state index contributed by atoms with van der Waals surface area (Å²) in [5.74, 6) is -1.85.